The van der Waals surface area contributed by atoms with Gasteiger partial charge < -0.3 is 19.4 Å². The maximum absolute atomic E-state index is 13.6. The van der Waals surface area contributed by atoms with Crippen molar-refractivity contribution < 1.29 is 37.3 Å². The smallest absolute Gasteiger partial charge is 0.456 e. The number of hydrogen-bond acceptors (Lipinski definition) is 6. The molecule has 0 radical (unpaired) electrons. The summed E-state index contributed by atoms with van der Waals surface area (Å²) in [4.78, 5) is 37.8. The van der Waals surface area contributed by atoms with Crippen LogP contribution in [0.15, 0.2) is 146 Å². The number of allylic oxidation sites excluding steroid dienone is 23. The van der Waals surface area contributed by atoms with Crippen molar-refractivity contribution in [1.29, 1.82) is 0 Å². The molecule has 0 saturated heterocycles. The van der Waals surface area contributed by atoms with E-state index in [0.717, 1.165) is 128 Å². The summed E-state index contributed by atoms with van der Waals surface area (Å²) in [6, 6.07) is -0.888. The minimum atomic E-state index is -4.48. The highest BCUT2D eigenvalue weighted by Crippen LogP contribution is 2.43. The quantitative estimate of drug-likeness (QED) is 0.0205. The highest BCUT2D eigenvalue weighted by molar-refractivity contribution is 7.47. The lowest BCUT2D eigenvalue weighted by Gasteiger charge is -2.27. The molecule has 1 amide bonds. The van der Waals surface area contributed by atoms with Crippen LogP contribution in [0, 0.1) is 0 Å². The molecule has 0 aromatic rings. The van der Waals surface area contributed by atoms with Crippen LogP contribution in [-0.4, -0.2) is 74.3 Å². The second-order valence-electron chi connectivity index (χ2n) is 22.5. The van der Waals surface area contributed by atoms with Gasteiger partial charge in [0.2, 0.25) is 5.91 Å². The molecule has 0 heterocycles. The van der Waals surface area contributed by atoms with E-state index < -0.39 is 20.0 Å². The predicted molar refractivity (Wildman–Crippen MR) is 355 cm³/mol. The van der Waals surface area contributed by atoms with Gasteiger partial charge in [0.1, 0.15) is 19.3 Å². The standard InChI is InChI=1S/C72H121N2O7P/c1-7-10-13-16-19-22-25-28-30-32-34-36-37-39-41-43-45-47-50-53-56-59-62-65-72(76)81-70(63-60-57-54-51-48-27-24-21-18-15-12-9-3)69(68-80-82(77,78)79-67-66-74(4,5)6)73-71(75)64-61-58-55-52-49-46-44-42-40-38-35-33-31-29-26-23-20-17-14-11-8-2/h10-11,13-14,19-20,22-23,28-31,34-36,38-39,41-42,44,49,52,60,63,69-70H,7-9,12,15-18,21,24-27,32-33,37,40,43,45-48,50-51,53-59,61-62,64-68H2,1-6H3,(H-,73,75,77,78)/p+1/b13-10-,14-11-,22-19-,23-20-,30-28-,31-29-,36-34-,38-35-,41-39-,44-42-,52-49-,63-60+. The number of quaternary nitrogens is 1. The van der Waals surface area contributed by atoms with Gasteiger partial charge in [-0.2, -0.15) is 0 Å². The summed E-state index contributed by atoms with van der Waals surface area (Å²) in [5, 5.41) is 3.03. The number of nitrogens with zero attached hydrogens (tertiary/aromatic N) is 1. The van der Waals surface area contributed by atoms with Crippen LogP contribution in [0.1, 0.15) is 245 Å². The van der Waals surface area contributed by atoms with E-state index in [1.165, 1.54) is 70.6 Å². The molecule has 10 heteroatoms. The Morgan fingerprint density at radius 3 is 1.18 bits per heavy atom. The van der Waals surface area contributed by atoms with Gasteiger partial charge in [0.15, 0.2) is 0 Å². The number of ether oxygens (including phenoxy) is 1. The summed E-state index contributed by atoms with van der Waals surface area (Å²) in [6.07, 6.45) is 87.1. The van der Waals surface area contributed by atoms with E-state index in [2.05, 4.69) is 160 Å². The van der Waals surface area contributed by atoms with Crippen LogP contribution < -0.4 is 5.32 Å². The summed E-state index contributed by atoms with van der Waals surface area (Å²) in [7, 11) is 1.44. The first-order chi connectivity index (χ1) is 39.9. The van der Waals surface area contributed by atoms with Crippen LogP contribution in [0.3, 0.4) is 0 Å². The zero-order valence-electron chi connectivity index (χ0n) is 53.2. The molecule has 466 valence electrons. The van der Waals surface area contributed by atoms with E-state index in [0.29, 0.717) is 23.9 Å². The molecule has 0 bridgehead atoms. The summed E-state index contributed by atoms with van der Waals surface area (Å²) in [5.74, 6) is -0.579. The van der Waals surface area contributed by atoms with Crippen LogP contribution in [0.5, 0.6) is 0 Å². The van der Waals surface area contributed by atoms with Crippen molar-refractivity contribution in [3.63, 3.8) is 0 Å². The molecule has 0 aliphatic heterocycles. The van der Waals surface area contributed by atoms with Gasteiger partial charge >= 0.3 is 13.8 Å². The average molecular weight is 1160 g/mol. The number of hydrogen-bond donors (Lipinski definition) is 2. The minimum absolute atomic E-state index is 0.0212. The lowest BCUT2D eigenvalue weighted by atomic mass is 10.0. The topological polar surface area (TPSA) is 111 Å². The number of carbonyl (C=O) groups is 2. The highest BCUT2D eigenvalue weighted by atomic mass is 31.2. The molecule has 3 atom stereocenters. The molecule has 0 fully saturated rings. The van der Waals surface area contributed by atoms with Crippen LogP contribution in [0.4, 0.5) is 0 Å². The van der Waals surface area contributed by atoms with Crippen molar-refractivity contribution in [1.82, 2.24) is 5.32 Å². The molecule has 0 rings (SSSR count). The Hall–Kier alpha value is -4.11. The number of carbonyl (C=O) groups excluding carboxylic acids is 2. The minimum Gasteiger partial charge on any atom is -0.456 e. The molecule has 0 spiro atoms. The summed E-state index contributed by atoms with van der Waals surface area (Å²) < 4.78 is 30.7. The number of likely N-dealkylation sites (N-methyl/N-ethyl adjacent to an activating group) is 1. The average Bonchev–Trinajstić information content (AvgIpc) is 3.44. The van der Waals surface area contributed by atoms with E-state index in [9.17, 15) is 19.0 Å². The van der Waals surface area contributed by atoms with Gasteiger partial charge in [0, 0.05) is 12.8 Å². The number of phosphoric acid groups is 1. The second kappa shape index (κ2) is 60.0. The Morgan fingerprint density at radius 2 is 0.780 bits per heavy atom. The predicted octanol–water partition coefficient (Wildman–Crippen LogP) is 20.6. The zero-order chi connectivity index (χ0) is 60.0. The lowest BCUT2D eigenvalue weighted by molar-refractivity contribution is -0.870. The maximum Gasteiger partial charge on any atom is 0.472 e. The van der Waals surface area contributed by atoms with Gasteiger partial charge in [-0.1, -0.05) is 250 Å². The number of nitrogens with one attached hydrogen (secondary N) is 1. The monoisotopic (exact) mass is 1160 g/mol. The van der Waals surface area contributed by atoms with Crippen molar-refractivity contribution in [2.45, 2.75) is 258 Å². The van der Waals surface area contributed by atoms with Crippen molar-refractivity contribution in [3.05, 3.63) is 146 Å². The van der Waals surface area contributed by atoms with E-state index >= 15 is 0 Å². The Bertz CT molecular complexity index is 1910. The second-order valence-corrected chi connectivity index (χ2v) is 24.0. The van der Waals surface area contributed by atoms with Crippen LogP contribution in [0.2, 0.25) is 0 Å². The van der Waals surface area contributed by atoms with Crippen LogP contribution in [-0.2, 0) is 27.9 Å². The largest absolute Gasteiger partial charge is 0.472 e. The third kappa shape index (κ3) is 60.5. The SMILES string of the molecule is CC/C=C\C/C=C\C/C=C\C/C=C\C/C=C\C/C=C\CCCCC(=O)NC(COP(=O)(O)OCC[N+](C)(C)C)C(/C=C/CCCCCCCCCCCC)OC(=O)CCCCCCCCC/C=C\C/C=C\C/C=C\C/C=C\C/C=C\CC. The lowest BCUT2D eigenvalue weighted by Crippen LogP contribution is -2.47. The molecule has 0 aliphatic rings. The van der Waals surface area contributed by atoms with Gasteiger partial charge in [-0.05, 0) is 128 Å². The molecule has 0 aromatic heterocycles. The number of amides is 1. The fourth-order valence-electron chi connectivity index (χ4n) is 8.56. The molecule has 9 nitrogen and oxygen atoms in total. The number of esters is 1. The summed E-state index contributed by atoms with van der Waals surface area (Å²) in [5.41, 5.74) is 0. The fourth-order valence-corrected chi connectivity index (χ4v) is 9.29. The summed E-state index contributed by atoms with van der Waals surface area (Å²) in [6.45, 7) is 6.72. The molecule has 0 aromatic carbocycles. The van der Waals surface area contributed by atoms with Crippen molar-refractivity contribution in [2.75, 3.05) is 40.9 Å². The molecular formula is C72H122N2O7P+. The normalized spacial score (nSPS) is 14.6. The third-order valence-corrected chi connectivity index (χ3v) is 14.5. The van der Waals surface area contributed by atoms with Crippen LogP contribution in [0.25, 0.3) is 0 Å². The first-order valence-electron chi connectivity index (χ1n) is 32.7. The molecule has 2 N–H and O–H groups in total. The molecule has 3 unspecified atom stereocenters. The third-order valence-electron chi connectivity index (χ3n) is 13.5. The number of rotatable bonds is 57. The molecule has 82 heavy (non-hydrogen) atoms. The van der Waals surface area contributed by atoms with E-state index in [1.54, 1.807) is 0 Å². The first kappa shape index (κ1) is 77.9. The van der Waals surface area contributed by atoms with Gasteiger partial charge in [-0.3, -0.25) is 18.6 Å². The Kier molecular flexibility index (Phi) is 57.0. The van der Waals surface area contributed by atoms with E-state index in [1.807, 2.05) is 33.3 Å². The van der Waals surface area contributed by atoms with Gasteiger partial charge in [-0.25, -0.2) is 4.57 Å². The van der Waals surface area contributed by atoms with Crippen molar-refractivity contribution in [2.24, 2.45) is 0 Å². The highest BCUT2D eigenvalue weighted by Gasteiger charge is 2.30. The fraction of sp³-hybridized carbons (Fsp3) is 0.639. The zero-order valence-corrected chi connectivity index (χ0v) is 54.1. The molecule has 0 saturated carbocycles. The summed E-state index contributed by atoms with van der Waals surface area (Å²) >= 11 is 0. The Morgan fingerprint density at radius 1 is 0.439 bits per heavy atom. The number of phosphoric ester groups is 1. The van der Waals surface area contributed by atoms with Crippen molar-refractivity contribution in [3.8, 4) is 0 Å². The van der Waals surface area contributed by atoms with Gasteiger partial charge in [0.05, 0.1) is 33.8 Å². The first-order valence-corrected chi connectivity index (χ1v) is 34.2. The van der Waals surface area contributed by atoms with Gasteiger partial charge in [-0.15, -0.1) is 0 Å². The maximum atomic E-state index is 13.6. The van der Waals surface area contributed by atoms with Crippen LogP contribution >= 0.6 is 7.82 Å². The Balaban J connectivity index is 5.31. The number of unbranched alkanes of at least 4 members (excludes halogenated alkanes) is 19. The Labute approximate surface area is 504 Å². The van der Waals surface area contributed by atoms with E-state index in [-0.39, 0.29) is 37.9 Å². The van der Waals surface area contributed by atoms with Gasteiger partial charge in [0.25, 0.3) is 0 Å². The van der Waals surface area contributed by atoms with Crippen molar-refractivity contribution >= 4 is 19.7 Å². The molecular weight excluding hydrogens is 1040 g/mol. The molecule has 0 aliphatic carbocycles. The van der Waals surface area contributed by atoms with E-state index in [4.69, 9.17) is 13.8 Å².